The quantitative estimate of drug-likeness (QED) is 0.375. The molecule has 190 valence electrons. The van der Waals surface area contributed by atoms with Crippen LogP contribution in [0.25, 0.3) is 16.7 Å². The number of ether oxygens (including phenoxy) is 2. The Morgan fingerprint density at radius 3 is 2.54 bits per heavy atom. The van der Waals surface area contributed by atoms with Crippen LogP contribution in [0, 0.1) is 17.2 Å². The van der Waals surface area contributed by atoms with Crippen LogP contribution < -0.4 is 9.47 Å². The number of benzene rings is 3. The molecule has 0 heterocycles. The summed E-state index contributed by atoms with van der Waals surface area (Å²) >= 11 is 0. The van der Waals surface area contributed by atoms with E-state index in [1.807, 2.05) is 24.3 Å². The van der Waals surface area contributed by atoms with Gasteiger partial charge in [-0.3, -0.25) is 4.79 Å². The van der Waals surface area contributed by atoms with Crippen LogP contribution in [0.2, 0.25) is 0 Å². The van der Waals surface area contributed by atoms with Gasteiger partial charge in [-0.15, -0.1) is 0 Å². The third-order valence-corrected chi connectivity index (χ3v) is 8.59. The van der Waals surface area contributed by atoms with Crippen molar-refractivity contribution >= 4 is 11.5 Å². The Balaban J connectivity index is 1.31. The van der Waals surface area contributed by atoms with Crippen molar-refractivity contribution in [1.29, 1.82) is 0 Å². The lowest BCUT2D eigenvalue weighted by Gasteiger charge is -2.31. The number of allylic oxidation sites excluding steroid dienone is 2. The molecule has 6 rings (SSSR count). The maximum absolute atomic E-state index is 15.0. The fourth-order valence-corrected chi connectivity index (χ4v) is 6.32. The number of aliphatic carboxylic acids is 1. The largest absolute Gasteiger partial charge is 0.497 e. The molecule has 2 atom stereocenters. The lowest BCUT2D eigenvalue weighted by molar-refractivity contribution is -0.139. The van der Waals surface area contributed by atoms with Crippen molar-refractivity contribution in [2.45, 2.75) is 51.6 Å². The summed E-state index contributed by atoms with van der Waals surface area (Å²) in [6.07, 6.45) is 5.88. The minimum atomic E-state index is -0.707. The number of carbonyl (C=O) groups is 1. The molecule has 0 amide bonds. The molecule has 1 fully saturated rings. The molecule has 1 N–H and O–H groups in total. The second-order valence-electron chi connectivity index (χ2n) is 11.3. The summed E-state index contributed by atoms with van der Waals surface area (Å²) in [5.74, 6) is 0.109. The van der Waals surface area contributed by atoms with Crippen molar-refractivity contribution in [3.8, 4) is 22.6 Å². The molecular formula is C32H31FO4. The first-order chi connectivity index (χ1) is 17.7. The first-order valence-corrected chi connectivity index (χ1v) is 12.9. The highest BCUT2D eigenvalue weighted by Crippen LogP contribution is 2.63. The van der Waals surface area contributed by atoms with Crippen molar-refractivity contribution in [3.63, 3.8) is 0 Å². The molecule has 0 aromatic heterocycles. The number of methoxy groups -OCH3 is 1. The highest BCUT2D eigenvalue weighted by molar-refractivity contribution is 5.85. The first kappa shape index (κ1) is 23.8. The highest BCUT2D eigenvalue weighted by Gasteiger charge is 2.64. The highest BCUT2D eigenvalue weighted by atomic mass is 19.1. The summed E-state index contributed by atoms with van der Waals surface area (Å²) in [4.78, 5) is 11.5. The summed E-state index contributed by atoms with van der Waals surface area (Å²) in [6, 6.07) is 17.0. The molecule has 0 saturated heterocycles. The Morgan fingerprint density at radius 1 is 1.03 bits per heavy atom. The maximum atomic E-state index is 15.0. The number of carboxylic acid groups (broad SMARTS) is 1. The number of hydrogen-bond acceptors (Lipinski definition) is 3. The number of hydrogen-bond donors (Lipinski definition) is 1. The van der Waals surface area contributed by atoms with Gasteiger partial charge < -0.3 is 14.6 Å². The number of rotatable bonds is 7. The molecule has 3 aromatic rings. The lowest BCUT2D eigenvalue weighted by Crippen LogP contribution is -2.29. The zero-order chi connectivity index (χ0) is 25.9. The van der Waals surface area contributed by atoms with E-state index in [2.05, 4.69) is 32.1 Å². The van der Waals surface area contributed by atoms with E-state index < -0.39 is 5.97 Å². The number of fused-ring (bicyclic) bond motifs is 2. The van der Waals surface area contributed by atoms with Crippen LogP contribution >= 0.6 is 0 Å². The fraction of sp³-hybridized carbons (Fsp3) is 0.344. The van der Waals surface area contributed by atoms with Crippen molar-refractivity contribution in [2.75, 3.05) is 7.11 Å². The molecule has 4 nitrogen and oxygen atoms in total. The van der Waals surface area contributed by atoms with Crippen molar-refractivity contribution in [1.82, 2.24) is 0 Å². The van der Waals surface area contributed by atoms with Gasteiger partial charge in [0.25, 0.3) is 0 Å². The number of halogens is 1. The fourth-order valence-electron chi connectivity index (χ4n) is 6.32. The molecule has 3 aliphatic rings. The molecule has 0 unspecified atom stereocenters. The third-order valence-electron chi connectivity index (χ3n) is 8.59. The van der Waals surface area contributed by atoms with Crippen LogP contribution in [0.1, 0.15) is 55.4 Å². The van der Waals surface area contributed by atoms with Gasteiger partial charge >= 0.3 is 5.97 Å². The summed E-state index contributed by atoms with van der Waals surface area (Å²) in [5, 5.41) is 9.44. The number of carboxylic acids is 1. The summed E-state index contributed by atoms with van der Waals surface area (Å²) < 4.78 is 26.6. The SMILES string of the molecule is COc1ccc(F)c(-c2ccc(COc3ccc4c(c3)[C@]3(C4)C[C@@H]3C(=O)O)cc2C2=CCCC2(C)C)c1. The van der Waals surface area contributed by atoms with E-state index in [0.29, 0.717) is 17.9 Å². The topological polar surface area (TPSA) is 55.8 Å². The predicted octanol–water partition coefficient (Wildman–Crippen LogP) is 7.18. The van der Waals surface area contributed by atoms with Crippen LogP contribution in [0.15, 0.2) is 60.7 Å². The molecule has 37 heavy (non-hydrogen) atoms. The van der Waals surface area contributed by atoms with E-state index in [1.165, 1.54) is 17.2 Å². The lowest BCUT2D eigenvalue weighted by atomic mass is 9.73. The minimum absolute atomic E-state index is 0.00935. The Kier molecular flexibility index (Phi) is 5.45. The summed E-state index contributed by atoms with van der Waals surface area (Å²) in [7, 11) is 1.59. The van der Waals surface area contributed by atoms with Crippen LogP contribution in [-0.2, 0) is 23.2 Å². The van der Waals surface area contributed by atoms with Gasteiger partial charge in [0.1, 0.15) is 23.9 Å². The smallest absolute Gasteiger partial charge is 0.307 e. The Morgan fingerprint density at radius 2 is 1.84 bits per heavy atom. The van der Waals surface area contributed by atoms with E-state index in [0.717, 1.165) is 53.7 Å². The predicted molar refractivity (Wildman–Crippen MR) is 141 cm³/mol. The van der Waals surface area contributed by atoms with Crippen LogP contribution in [0.4, 0.5) is 4.39 Å². The van der Waals surface area contributed by atoms with Gasteiger partial charge in [-0.25, -0.2) is 4.39 Å². The molecule has 3 aromatic carbocycles. The minimum Gasteiger partial charge on any atom is -0.497 e. The van der Waals surface area contributed by atoms with E-state index in [4.69, 9.17) is 9.47 Å². The maximum Gasteiger partial charge on any atom is 0.307 e. The monoisotopic (exact) mass is 498 g/mol. The Hall–Kier alpha value is -3.60. The molecule has 0 radical (unpaired) electrons. The molecule has 1 spiro atoms. The zero-order valence-electron chi connectivity index (χ0n) is 21.4. The molecule has 0 bridgehead atoms. The van der Waals surface area contributed by atoms with Gasteiger partial charge in [0.2, 0.25) is 0 Å². The van der Waals surface area contributed by atoms with Gasteiger partial charge in [0.15, 0.2) is 0 Å². The molecule has 5 heteroatoms. The van der Waals surface area contributed by atoms with Crippen LogP contribution in [0.3, 0.4) is 0 Å². The van der Waals surface area contributed by atoms with Gasteiger partial charge in [-0.1, -0.05) is 38.1 Å². The van der Waals surface area contributed by atoms with E-state index in [-0.39, 0.29) is 22.6 Å². The molecular weight excluding hydrogens is 467 g/mol. The van der Waals surface area contributed by atoms with Crippen molar-refractivity contribution < 1.29 is 23.8 Å². The van der Waals surface area contributed by atoms with Gasteiger partial charge in [0, 0.05) is 11.0 Å². The van der Waals surface area contributed by atoms with Gasteiger partial charge in [-0.2, -0.15) is 0 Å². The standard InChI is InChI=1S/C32H31FO4/c1-31(2)12-4-5-26(31)24-13-19(6-10-23(24)25-14-21(36-3)9-11-29(25)33)18-37-22-8-7-20-16-32(27(20)15-22)17-28(32)30(34)35/h5-11,13-15,28H,4,12,16-18H2,1-3H3,(H,34,35)/t28-,32+/m1/s1. The van der Waals surface area contributed by atoms with Gasteiger partial charge in [0.05, 0.1) is 13.0 Å². The van der Waals surface area contributed by atoms with E-state index in [9.17, 15) is 9.90 Å². The summed E-state index contributed by atoms with van der Waals surface area (Å²) in [6.45, 7) is 4.84. The average molecular weight is 499 g/mol. The normalized spacial score (nSPS) is 22.7. The Labute approximate surface area is 216 Å². The molecule has 1 saturated carbocycles. The van der Waals surface area contributed by atoms with Crippen LogP contribution in [-0.4, -0.2) is 18.2 Å². The first-order valence-electron chi connectivity index (χ1n) is 12.9. The zero-order valence-corrected chi connectivity index (χ0v) is 21.4. The second kappa shape index (κ2) is 8.47. The second-order valence-corrected chi connectivity index (χ2v) is 11.3. The van der Waals surface area contributed by atoms with Crippen molar-refractivity contribution in [3.05, 3.63) is 88.7 Å². The van der Waals surface area contributed by atoms with Crippen molar-refractivity contribution in [2.24, 2.45) is 11.3 Å². The van der Waals surface area contributed by atoms with E-state index in [1.54, 1.807) is 19.2 Å². The average Bonchev–Trinajstić information content (AvgIpc) is 3.55. The van der Waals surface area contributed by atoms with Crippen LogP contribution in [0.5, 0.6) is 11.5 Å². The van der Waals surface area contributed by atoms with Gasteiger partial charge in [-0.05, 0) is 101 Å². The third kappa shape index (κ3) is 3.92. The molecule has 0 aliphatic heterocycles. The summed E-state index contributed by atoms with van der Waals surface area (Å²) in [5.41, 5.74) is 6.77. The molecule has 3 aliphatic carbocycles. The Bertz CT molecular complexity index is 1450. The van der Waals surface area contributed by atoms with E-state index >= 15 is 4.39 Å².